The van der Waals surface area contributed by atoms with Gasteiger partial charge in [0.1, 0.15) is 0 Å². The molecule has 0 aromatic heterocycles. The van der Waals surface area contributed by atoms with E-state index in [9.17, 15) is 4.79 Å². The van der Waals surface area contributed by atoms with Gasteiger partial charge in [0.2, 0.25) is 5.91 Å². The lowest BCUT2D eigenvalue weighted by molar-refractivity contribution is -0.120. The van der Waals surface area contributed by atoms with Crippen LogP contribution in [0.5, 0.6) is 0 Å². The highest BCUT2D eigenvalue weighted by atomic mass is 35.5. The summed E-state index contributed by atoms with van der Waals surface area (Å²) in [4.78, 5) is 11.7. The van der Waals surface area contributed by atoms with E-state index < -0.39 is 0 Å². The number of benzene rings is 1. The number of carbonyl (C=O) groups excluding carboxylic acids is 1. The van der Waals surface area contributed by atoms with E-state index in [4.69, 9.17) is 5.73 Å². The third kappa shape index (κ3) is 5.52. The number of rotatable bonds is 5. The Kier molecular flexibility index (Phi) is 6.71. The summed E-state index contributed by atoms with van der Waals surface area (Å²) >= 11 is 0. The largest absolute Gasteiger partial charge is 0.399 e. The van der Waals surface area contributed by atoms with Crippen molar-refractivity contribution < 1.29 is 4.79 Å². The predicted octanol–water partition coefficient (Wildman–Crippen LogP) is 2.93. The van der Waals surface area contributed by atoms with Gasteiger partial charge in [-0.15, -0.1) is 12.4 Å². The maximum absolute atomic E-state index is 11.7. The Morgan fingerprint density at radius 1 is 1.21 bits per heavy atom. The highest BCUT2D eigenvalue weighted by molar-refractivity contribution is 5.85. The van der Waals surface area contributed by atoms with Crippen LogP contribution in [0, 0.1) is 5.92 Å². The smallest absolute Gasteiger partial charge is 0.224 e. The standard InChI is InChI=1S/C15H22N2O.ClH/c16-14-7-5-13(6-8-14)11-15(18)17-10-9-12-3-1-2-4-12;/h5-8,12H,1-4,9-11,16H2,(H,17,18);1H. The molecule has 1 aliphatic carbocycles. The number of hydrogen-bond donors (Lipinski definition) is 2. The van der Waals surface area contributed by atoms with Crippen molar-refractivity contribution in [2.45, 2.75) is 38.5 Å². The number of halogens is 1. The molecule has 4 heteroatoms. The lowest BCUT2D eigenvalue weighted by Crippen LogP contribution is -2.27. The molecule has 0 aliphatic heterocycles. The lowest BCUT2D eigenvalue weighted by atomic mass is 10.0. The molecule has 19 heavy (non-hydrogen) atoms. The molecule has 3 nitrogen and oxygen atoms in total. The maximum Gasteiger partial charge on any atom is 0.224 e. The normalized spacial score (nSPS) is 14.9. The summed E-state index contributed by atoms with van der Waals surface area (Å²) in [5.74, 6) is 0.944. The summed E-state index contributed by atoms with van der Waals surface area (Å²) < 4.78 is 0. The van der Waals surface area contributed by atoms with Gasteiger partial charge in [0.15, 0.2) is 0 Å². The molecule has 0 radical (unpaired) electrons. The molecule has 1 aromatic rings. The average Bonchev–Trinajstić information content (AvgIpc) is 2.85. The Balaban J connectivity index is 0.00000180. The Bertz CT molecular complexity index is 386. The van der Waals surface area contributed by atoms with E-state index in [0.29, 0.717) is 6.42 Å². The van der Waals surface area contributed by atoms with Crippen molar-refractivity contribution in [3.05, 3.63) is 29.8 Å². The molecule has 1 fully saturated rings. The van der Waals surface area contributed by atoms with Crippen LogP contribution in [0.4, 0.5) is 5.69 Å². The van der Waals surface area contributed by atoms with E-state index >= 15 is 0 Å². The molecular formula is C15H23ClN2O. The number of anilines is 1. The van der Waals surface area contributed by atoms with E-state index in [1.807, 2.05) is 24.3 Å². The van der Waals surface area contributed by atoms with Crippen LogP contribution in [0.25, 0.3) is 0 Å². The van der Waals surface area contributed by atoms with Gasteiger partial charge >= 0.3 is 0 Å². The Hall–Kier alpha value is -1.22. The van der Waals surface area contributed by atoms with Gasteiger partial charge in [-0.3, -0.25) is 4.79 Å². The number of carbonyl (C=O) groups is 1. The van der Waals surface area contributed by atoms with Crippen molar-refractivity contribution in [3.63, 3.8) is 0 Å². The van der Waals surface area contributed by atoms with Crippen LogP contribution in [0.15, 0.2) is 24.3 Å². The maximum atomic E-state index is 11.7. The van der Waals surface area contributed by atoms with Gasteiger partial charge in [-0.2, -0.15) is 0 Å². The van der Waals surface area contributed by atoms with Gasteiger partial charge in [0.05, 0.1) is 6.42 Å². The fourth-order valence-electron chi connectivity index (χ4n) is 2.60. The summed E-state index contributed by atoms with van der Waals surface area (Å²) in [6.07, 6.45) is 6.99. The number of hydrogen-bond acceptors (Lipinski definition) is 2. The number of amides is 1. The van der Waals surface area contributed by atoms with Crippen molar-refractivity contribution in [1.29, 1.82) is 0 Å². The average molecular weight is 283 g/mol. The molecule has 3 N–H and O–H groups in total. The first-order valence-electron chi connectivity index (χ1n) is 6.85. The van der Waals surface area contributed by atoms with E-state index in [-0.39, 0.29) is 18.3 Å². The van der Waals surface area contributed by atoms with Crippen LogP contribution in [0.3, 0.4) is 0 Å². The quantitative estimate of drug-likeness (QED) is 0.816. The molecule has 1 amide bonds. The molecule has 1 saturated carbocycles. The van der Waals surface area contributed by atoms with Crippen LogP contribution in [0.1, 0.15) is 37.7 Å². The first kappa shape index (κ1) is 15.8. The Morgan fingerprint density at radius 2 is 1.84 bits per heavy atom. The van der Waals surface area contributed by atoms with Crippen molar-refractivity contribution in [1.82, 2.24) is 5.32 Å². The second-order valence-electron chi connectivity index (χ2n) is 5.21. The number of nitrogens with two attached hydrogens (primary N) is 1. The first-order valence-corrected chi connectivity index (χ1v) is 6.85. The summed E-state index contributed by atoms with van der Waals surface area (Å²) in [6.45, 7) is 0.818. The minimum Gasteiger partial charge on any atom is -0.399 e. The fraction of sp³-hybridized carbons (Fsp3) is 0.533. The molecular weight excluding hydrogens is 260 g/mol. The van der Waals surface area contributed by atoms with Crippen LogP contribution in [0.2, 0.25) is 0 Å². The molecule has 0 heterocycles. The van der Waals surface area contributed by atoms with Crippen molar-refractivity contribution in [2.75, 3.05) is 12.3 Å². The summed E-state index contributed by atoms with van der Waals surface area (Å²) in [6, 6.07) is 7.49. The molecule has 1 aliphatic rings. The molecule has 1 aromatic carbocycles. The molecule has 0 spiro atoms. The Morgan fingerprint density at radius 3 is 2.47 bits per heavy atom. The SMILES string of the molecule is Cl.Nc1ccc(CC(=O)NCCC2CCCC2)cc1. The zero-order valence-electron chi connectivity index (χ0n) is 11.2. The molecule has 0 bridgehead atoms. The zero-order valence-corrected chi connectivity index (χ0v) is 12.0. The lowest BCUT2D eigenvalue weighted by Gasteiger charge is -2.09. The van der Waals surface area contributed by atoms with Crippen molar-refractivity contribution in [3.8, 4) is 0 Å². The van der Waals surface area contributed by atoms with E-state index in [1.165, 1.54) is 25.7 Å². The van der Waals surface area contributed by atoms with Crippen LogP contribution >= 0.6 is 12.4 Å². The Labute approximate surface area is 121 Å². The van der Waals surface area contributed by atoms with E-state index in [0.717, 1.165) is 30.1 Å². The summed E-state index contributed by atoms with van der Waals surface area (Å²) in [5, 5.41) is 3.00. The van der Waals surface area contributed by atoms with Gasteiger partial charge in [-0.1, -0.05) is 37.8 Å². The van der Waals surface area contributed by atoms with Crippen molar-refractivity contribution >= 4 is 24.0 Å². The van der Waals surface area contributed by atoms with Crippen molar-refractivity contribution in [2.24, 2.45) is 5.92 Å². The van der Waals surface area contributed by atoms with Crippen LogP contribution in [-0.4, -0.2) is 12.5 Å². The second kappa shape index (κ2) is 8.05. The first-order chi connectivity index (χ1) is 8.74. The van der Waals surface area contributed by atoms with E-state index in [1.54, 1.807) is 0 Å². The minimum absolute atomic E-state index is 0. The predicted molar refractivity (Wildman–Crippen MR) is 81.4 cm³/mol. The summed E-state index contributed by atoms with van der Waals surface area (Å²) in [5.41, 5.74) is 7.36. The van der Waals surface area contributed by atoms with Gasteiger partial charge in [0.25, 0.3) is 0 Å². The number of nitrogens with one attached hydrogen (secondary N) is 1. The molecule has 0 atom stereocenters. The third-order valence-electron chi connectivity index (χ3n) is 3.69. The molecule has 0 unspecified atom stereocenters. The topological polar surface area (TPSA) is 55.1 Å². The fourth-order valence-corrected chi connectivity index (χ4v) is 2.60. The molecule has 0 saturated heterocycles. The molecule has 2 rings (SSSR count). The van der Waals surface area contributed by atoms with E-state index in [2.05, 4.69) is 5.32 Å². The third-order valence-corrected chi connectivity index (χ3v) is 3.69. The van der Waals surface area contributed by atoms with Gasteiger partial charge in [-0.25, -0.2) is 0 Å². The highest BCUT2D eigenvalue weighted by Gasteiger charge is 2.14. The van der Waals surface area contributed by atoms with Crippen LogP contribution < -0.4 is 11.1 Å². The summed E-state index contributed by atoms with van der Waals surface area (Å²) in [7, 11) is 0. The zero-order chi connectivity index (χ0) is 12.8. The van der Waals surface area contributed by atoms with Gasteiger partial charge in [-0.05, 0) is 30.0 Å². The van der Waals surface area contributed by atoms with Gasteiger partial charge in [0, 0.05) is 12.2 Å². The highest BCUT2D eigenvalue weighted by Crippen LogP contribution is 2.26. The number of nitrogen functional groups attached to an aromatic ring is 1. The second-order valence-corrected chi connectivity index (χ2v) is 5.21. The minimum atomic E-state index is 0. The molecule has 106 valence electrons. The monoisotopic (exact) mass is 282 g/mol. The van der Waals surface area contributed by atoms with Crippen LogP contribution in [-0.2, 0) is 11.2 Å². The van der Waals surface area contributed by atoms with Gasteiger partial charge < -0.3 is 11.1 Å².